The van der Waals surface area contributed by atoms with Crippen molar-refractivity contribution in [2.45, 2.75) is 6.92 Å². The summed E-state index contributed by atoms with van der Waals surface area (Å²) in [6, 6.07) is 0. The van der Waals surface area contributed by atoms with Crippen LogP contribution < -0.4 is 0 Å². The molecule has 0 saturated carbocycles. The van der Waals surface area contributed by atoms with Crippen molar-refractivity contribution in [3.63, 3.8) is 0 Å². The fourth-order valence-electron chi connectivity index (χ4n) is 0.385. The van der Waals surface area contributed by atoms with Gasteiger partial charge in [-0.3, -0.25) is 0 Å². The van der Waals surface area contributed by atoms with Gasteiger partial charge in [0.25, 0.3) is 0 Å². The highest BCUT2D eigenvalue weighted by atomic mass is 16.6. The second kappa shape index (κ2) is 1.78. The molecule has 0 amide bonds. The molecule has 0 unspecified atom stereocenters. The van der Waals surface area contributed by atoms with Crippen molar-refractivity contribution >= 4 is 6.21 Å². The third-order valence-electron chi connectivity index (χ3n) is 0.811. The Morgan fingerprint density at radius 1 is 1.86 bits per heavy atom. The lowest BCUT2D eigenvalue weighted by molar-refractivity contribution is 0.172. The number of hydrogen-bond acceptors (Lipinski definition) is 2. The first-order chi connectivity index (χ1) is 3.39. The first-order valence-electron chi connectivity index (χ1n) is 2.22. The summed E-state index contributed by atoms with van der Waals surface area (Å²) in [4.78, 5) is 4.63. The lowest BCUT2D eigenvalue weighted by Crippen LogP contribution is -1.92. The molecule has 0 bridgehead atoms. The summed E-state index contributed by atoms with van der Waals surface area (Å²) in [6.45, 7) is 2.62. The predicted molar refractivity (Wildman–Crippen MR) is 28.2 cm³/mol. The molecule has 0 fully saturated rings. The molecule has 0 radical (unpaired) electrons. The van der Waals surface area contributed by atoms with E-state index in [2.05, 4.69) is 9.99 Å². The van der Waals surface area contributed by atoms with Crippen LogP contribution in [0.25, 0.3) is 0 Å². The average Bonchev–Trinajstić information content (AvgIpc) is 1.69. The lowest BCUT2D eigenvalue weighted by atomic mass is 10.3. The van der Waals surface area contributed by atoms with Gasteiger partial charge in [0, 0.05) is 0 Å². The molecule has 0 saturated heterocycles. The molecule has 0 aromatic carbocycles. The van der Waals surface area contributed by atoms with Crippen LogP contribution in [-0.2, 0) is 4.84 Å². The zero-order chi connectivity index (χ0) is 5.11. The van der Waals surface area contributed by atoms with Crippen LogP contribution in [0.4, 0.5) is 0 Å². The Kier molecular flexibility index (Phi) is 1.11. The molecule has 2 heteroatoms. The highest BCUT2D eigenvalue weighted by Crippen LogP contribution is 1.93. The molecule has 0 aromatic rings. The smallest absolute Gasteiger partial charge is 0.136 e. The van der Waals surface area contributed by atoms with Crippen LogP contribution in [0.3, 0.4) is 0 Å². The van der Waals surface area contributed by atoms with Crippen LogP contribution in [0.5, 0.6) is 0 Å². The van der Waals surface area contributed by atoms with Crippen LogP contribution in [-0.4, -0.2) is 12.8 Å². The predicted octanol–water partition coefficient (Wildman–Crippen LogP) is 0.949. The van der Waals surface area contributed by atoms with Gasteiger partial charge in [-0.2, -0.15) is 0 Å². The normalized spacial score (nSPS) is 18.1. The average molecular weight is 97.1 g/mol. The molecule has 1 aliphatic heterocycles. The van der Waals surface area contributed by atoms with Gasteiger partial charge in [-0.05, 0) is 18.6 Å². The van der Waals surface area contributed by atoms with Crippen molar-refractivity contribution in [1.82, 2.24) is 0 Å². The van der Waals surface area contributed by atoms with Crippen LogP contribution in [0, 0.1) is 0 Å². The van der Waals surface area contributed by atoms with E-state index in [-0.39, 0.29) is 0 Å². The van der Waals surface area contributed by atoms with E-state index < -0.39 is 0 Å². The second-order valence-electron chi connectivity index (χ2n) is 1.48. The topological polar surface area (TPSA) is 21.6 Å². The number of rotatable bonds is 0. The second-order valence-corrected chi connectivity index (χ2v) is 1.48. The summed E-state index contributed by atoms with van der Waals surface area (Å²) in [6.07, 6.45) is 3.68. The molecule has 0 spiro atoms. The maximum absolute atomic E-state index is 4.63. The molecule has 0 atom stereocenters. The van der Waals surface area contributed by atoms with E-state index in [0.717, 1.165) is 0 Å². The molecule has 0 N–H and O–H groups in total. The summed E-state index contributed by atoms with van der Waals surface area (Å²) >= 11 is 0. The Balaban J connectivity index is 2.58. The van der Waals surface area contributed by atoms with Crippen molar-refractivity contribution < 1.29 is 4.84 Å². The van der Waals surface area contributed by atoms with E-state index in [1.165, 1.54) is 5.57 Å². The highest BCUT2D eigenvalue weighted by molar-refractivity contribution is 5.77. The van der Waals surface area contributed by atoms with Gasteiger partial charge in [-0.15, -0.1) is 0 Å². The summed E-state index contributed by atoms with van der Waals surface area (Å²) in [7, 11) is 0. The third kappa shape index (κ3) is 1.03. The largest absolute Gasteiger partial charge is 0.392 e. The third-order valence-corrected chi connectivity index (χ3v) is 0.811. The summed E-state index contributed by atoms with van der Waals surface area (Å²) < 4.78 is 0. The number of hydrogen-bond donors (Lipinski definition) is 0. The van der Waals surface area contributed by atoms with Crippen molar-refractivity contribution in [3.8, 4) is 0 Å². The maximum Gasteiger partial charge on any atom is 0.136 e. The highest BCUT2D eigenvalue weighted by Gasteiger charge is 1.87. The van der Waals surface area contributed by atoms with Gasteiger partial charge in [-0.1, -0.05) is 5.16 Å². The van der Waals surface area contributed by atoms with E-state index in [4.69, 9.17) is 0 Å². The van der Waals surface area contributed by atoms with Gasteiger partial charge in [0.1, 0.15) is 6.61 Å². The van der Waals surface area contributed by atoms with E-state index in [9.17, 15) is 0 Å². The minimum Gasteiger partial charge on any atom is -0.392 e. The van der Waals surface area contributed by atoms with Gasteiger partial charge in [0.15, 0.2) is 0 Å². The number of nitrogens with zero attached hydrogens (tertiary/aromatic N) is 1. The molecular weight excluding hydrogens is 90.1 g/mol. The molecule has 1 heterocycles. The fourth-order valence-corrected chi connectivity index (χ4v) is 0.385. The Hall–Kier alpha value is -0.790. The number of allylic oxidation sites excluding steroid dienone is 1. The molecule has 0 aliphatic carbocycles. The fraction of sp³-hybridized carbons (Fsp3) is 0.400. The van der Waals surface area contributed by atoms with Crippen LogP contribution in [0.2, 0.25) is 0 Å². The van der Waals surface area contributed by atoms with E-state index in [1.807, 2.05) is 13.0 Å². The molecule has 38 valence electrons. The molecule has 1 aliphatic rings. The van der Waals surface area contributed by atoms with Crippen molar-refractivity contribution in [1.29, 1.82) is 0 Å². The maximum atomic E-state index is 4.63. The molecule has 2 nitrogen and oxygen atoms in total. The molecular formula is C5H7NO. The van der Waals surface area contributed by atoms with Gasteiger partial charge in [0.05, 0.1) is 6.21 Å². The van der Waals surface area contributed by atoms with Gasteiger partial charge in [0.2, 0.25) is 0 Å². The molecule has 0 aromatic heterocycles. The van der Waals surface area contributed by atoms with Crippen molar-refractivity contribution in [3.05, 3.63) is 11.6 Å². The van der Waals surface area contributed by atoms with Crippen LogP contribution in [0.15, 0.2) is 16.8 Å². The van der Waals surface area contributed by atoms with Gasteiger partial charge >= 0.3 is 0 Å². The van der Waals surface area contributed by atoms with Crippen LogP contribution in [0.1, 0.15) is 6.92 Å². The molecule has 7 heavy (non-hydrogen) atoms. The zero-order valence-electron chi connectivity index (χ0n) is 4.22. The zero-order valence-corrected chi connectivity index (χ0v) is 4.22. The summed E-state index contributed by atoms with van der Waals surface area (Å²) in [5, 5.41) is 3.56. The van der Waals surface area contributed by atoms with Gasteiger partial charge < -0.3 is 4.84 Å². The van der Waals surface area contributed by atoms with Crippen molar-refractivity contribution in [2.75, 3.05) is 6.61 Å². The summed E-state index contributed by atoms with van der Waals surface area (Å²) in [5.74, 6) is 0. The SMILES string of the molecule is CC1=CCON=C1. The Bertz CT molecular complexity index is 115. The Labute approximate surface area is 42.5 Å². The summed E-state index contributed by atoms with van der Waals surface area (Å²) in [5.41, 5.74) is 1.17. The minimum absolute atomic E-state index is 0.627. The standard InChI is InChI=1S/C5H7NO/c1-5-2-3-7-6-4-5/h2,4H,3H2,1H3. The molecule has 1 rings (SSSR count). The van der Waals surface area contributed by atoms with E-state index in [0.29, 0.717) is 6.61 Å². The van der Waals surface area contributed by atoms with Gasteiger partial charge in [-0.25, -0.2) is 0 Å². The quantitative estimate of drug-likeness (QED) is 0.441. The van der Waals surface area contributed by atoms with E-state index >= 15 is 0 Å². The Morgan fingerprint density at radius 3 is 3.00 bits per heavy atom. The van der Waals surface area contributed by atoms with E-state index in [1.54, 1.807) is 6.21 Å². The first kappa shape index (κ1) is 4.37. The minimum atomic E-state index is 0.627. The first-order valence-corrected chi connectivity index (χ1v) is 2.22. The van der Waals surface area contributed by atoms with Crippen LogP contribution >= 0.6 is 0 Å². The van der Waals surface area contributed by atoms with Crippen molar-refractivity contribution in [2.24, 2.45) is 5.16 Å². The Morgan fingerprint density at radius 2 is 2.71 bits per heavy atom. The monoisotopic (exact) mass is 97.1 g/mol. The number of oxime groups is 1. The lowest BCUT2D eigenvalue weighted by Gasteiger charge is -1.98.